The van der Waals surface area contributed by atoms with Crippen LogP contribution in [0.2, 0.25) is 0 Å². The predicted molar refractivity (Wildman–Crippen MR) is 56.4 cm³/mol. The van der Waals surface area contributed by atoms with E-state index in [1.165, 1.54) is 0 Å². The summed E-state index contributed by atoms with van der Waals surface area (Å²) in [7, 11) is 0. The van der Waals surface area contributed by atoms with Crippen LogP contribution in [0.4, 0.5) is 0 Å². The summed E-state index contributed by atoms with van der Waals surface area (Å²) < 4.78 is 5.07. The molecule has 1 atom stereocenters. The van der Waals surface area contributed by atoms with Gasteiger partial charge in [-0.2, -0.15) is 0 Å². The van der Waals surface area contributed by atoms with Gasteiger partial charge in [0.2, 0.25) is 0 Å². The topological polar surface area (TPSA) is 26.3 Å². The Hall–Kier alpha value is -1.57. The molecule has 0 saturated carbocycles. The summed E-state index contributed by atoms with van der Waals surface area (Å²) in [4.78, 5) is 11.0. The zero-order valence-electron chi connectivity index (χ0n) is 8.49. The van der Waals surface area contributed by atoms with Gasteiger partial charge in [0.15, 0.2) is 0 Å². The van der Waals surface area contributed by atoms with Crippen molar-refractivity contribution in [1.29, 1.82) is 0 Å². The summed E-state index contributed by atoms with van der Waals surface area (Å²) in [5.41, 5.74) is 0.945. The van der Waals surface area contributed by atoms with Gasteiger partial charge in [0.05, 0.1) is 0 Å². The van der Waals surface area contributed by atoms with Crippen molar-refractivity contribution in [2.24, 2.45) is 5.92 Å². The molecular formula is C12H14O2. The van der Waals surface area contributed by atoms with Gasteiger partial charge in [0.1, 0.15) is 5.76 Å². The van der Waals surface area contributed by atoms with E-state index in [4.69, 9.17) is 4.74 Å². The summed E-state index contributed by atoms with van der Waals surface area (Å²) in [6.45, 7) is 7.33. The Bertz CT molecular complexity index is 332. The van der Waals surface area contributed by atoms with Gasteiger partial charge in [-0.25, -0.2) is 4.79 Å². The van der Waals surface area contributed by atoms with Crippen molar-refractivity contribution >= 4 is 5.97 Å². The van der Waals surface area contributed by atoms with Crippen LogP contribution in [0, 0.1) is 5.92 Å². The molecule has 2 nitrogen and oxygen atoms in total. The summed E-state index contributed by atoms with van der Waals surface area (Å²) >= 11 is 0. The van der Waals surface area contributed by atoms with Crippen LogP contribution in [-0.2, 0) is 9.53 Å². The van der Waals surface area contributed by atoms with Crippen molar-refractivity contribution < 1.29 is 9.53 Å². The van der Waals surface area contributed by atoms with Crippen molar-refractivity contribution in [3.8, 4) is 0 Å². The van der Waals surface area contributed by atoms with Crippen molar-refractivity contribution in [1.82, 2.24) is 0 Å². The molecule has 0 N–H and O–H groups in total. The Morgan fingerprint density at radius 1 is 1.50 bits per heavy atom. The minimum atomic E-state index is -0.424. The van der Waals surface area contributed by atoms with Crippen molar-refractivity contribution in [2.45, 2.75) is 13.8 Å². The molecular weight excluding hydrogens is 176 g/mol. The van der Waals surface area contributed by atoms with Crippen LogP contribution < -0.4 is 0 Å². The van der Waals surface area contributed by atoms with Gasteiger partial charge in [-0.1, -0.05) is 31.7 Å². The first-order chi connectivity index (χ1) is 6.63. The molecule has 0 radical (unpaired) electrons. The molecule has 0 aromatic rings. The molecule has 2 heteroatoms. The van der Waals surface area contributed by atoms with Gasteiger partial charge < -0.3 is 4.74 Å². The van der Waals surface area contributed by atoms with Crippen LogP contribution in [0.1, 0.15) is 13.8 Å². The van der Waals surface area contributed by atoms with Crippen molar-refractivity contribution in [3.63, 3.8) is 0 Å². The molecule has 0 aromatic carbocycles. The first-order valence-corrected chi connectivity index (χ1v) is 4.55. The first-order valence-electron chi connectivity index (χ1n) is 4.55. The molecule has 0 heterocycles. The van der Waals surface area contributed by atoms with Crippen LogP contribution in [0.15, 0.2) is 48.3 Å². The minimum absolute atomic E-state index is 0.366. The number of hydrogen-bond acceptors (Lipinski definition) is 2. The summed E-state index contributed by atoms with van der Waals surface area (Å²) in [5.74, 6) is 0.535. The van der Waals surface area contributed by atoms with E-state index < -0.39 is 5.97 Å². The fourth-order valence-electron chi connectivity index (χ4n) is 1.08. The highest BCUT2D eigenvalue weighted by atomic mass is 16.5. The summed E-state index contributed by atoms with van der Waals surface area (Å²) in [6, 6.07) is 0. The van der Waals surface area contributed by atoms with Gasteiger partial charge in [-0.05, 0) is 24.5 Å². The van der Waals surface area contributed by atoms with E-state index in [1.807, 2.05) is 25.2 Å². The fourth-order valence-corrected chi connectivity index (χ4v) is 1.08. The van der Waals surface area contributed by atoms with Crippen LogP contribution in [0.25, 0.3) is 0 Å². The van der Waals surface area contributed by atoms with Gasteiger partial charge >= 0.3 is 5.97 Å². The van der Waals surface area contributed by atoms with Gasteiger partial charge in [0.25, 0.3) is 0 Å². The van der Waals surface area contributed by atoms with E-state index in [1.54, 1.807) is 0 Å². The maximum Gasteiger partial charge on any atom is 0.335 e. The molecule has 1 rings (SSSR count). The van der Waals surface area contributed by atoms with Gasteiger partial charge in [0, 0.05) is 6.08 Å². The molecule has 1 aliphatic rings. The lowest BCUT2D eigenvalue weighted by Crippen LogP contribution is -1.99. The smallest absolute Gasteiger partial charge is 0.335 e. The molecule has 0 spiro atoms. The van der Waals surface area contributed by atoms with E-state index in [0.717, 1.165) is 11.6 Å². The van der Waals surface area contributed by atoms with E-state index in [2.05, 4.69) is 19.6 Å². The monoisotopic (exact) mass is 190 g/mol. The highest BCUT2D eigenvalue weighted by molar-refractivity contribution is 5.82. The van der Waals surface area contributed by atoms with E-state index >= 15 is 0 Å². The number of rotatable bonds is 2. The second-order valence-electron chi connectivity index (χ2n) is 3.25. The van der Waals surface area contributed by atoms with Crippen molar-refractivity contribution in [3.05, 3.63) is 48.3 Å². The molecule has 0 aliphatic heterocycles. The number of hydrogen-bond donors (Lipinski definition) is 0. The van der Waals surface area contributed by atoms with E-state index in [0.29, 0.717) is 11.7 Å². The third-order valence-electron chi connectivity index (χ3n) is 1.97. The molecule has 0 bridgehead atoms. The first kappa shape index (κ1) is 10.5. The molecule has 0 amide bonds. The lowest BCUT2D eigenvalue weighted by molar-refractivity contribution is -0.133. The minimum Gasteiger partial charge on any atom is -0.423 e. The molecule has 1 aliphatic carbocycles. The quantitative estimate of drug-likeness (QED) is 0.494. The van der Waals surface area contributed by atoms with Crippen LogP contribution in [0.5, 0.6) is 0 Å². The Labute approximate surface area is 84.3 Å². The number of allylic oxidation sites excluding steroid dienone is 5. The molecule has 0 aromatic heterocycles. The second kappa shape index (κ2) is 4.61. The van der Waals surface area contributed by atoms with E-state index in [-0.39, 0.29) is 0 Å². The molecule has 1 unspecified atom stereocenters. The molecule has 14 heavy (non-hydrogen) atoms. The molecule has 74 valence electrons. The maximum absolute atomic E-state index is 11.0. The maximum atomic E-state index is 11.0. The van der Waals surface area contributed by atoms with Gasteiger partial charge in [-0.3, -0.25) is 0 Å². The predicted octanol–water partition coefficient (Wildman–Crippen LogP) is 2.75. The number of ether oxygens (including phenoxy) is 1. The van der Waals surface area contributed by atoms with Gasteiger partial charge in [-0.15, -0.1) is 0 Å². The Morgan fingerprint density at radius 2 is 2.14 bits per heavy atom. The Kier molecular flexibility index (Phi) is 3.46. The summed E-state index contributed by atoms with van der Waals surface area (Å²) in [6.07, 6.45) is 8.98. The van der Waals surface area contributed by atoms with E-state index in [9.17, 15) is 4.79 Å². The SMILES string of the molecule is C=CC(=O)OC1=C(C)C=CC(C)C=C1. The van der Waals surface area contributed by atoms with Crippen LogP contribution in [-0.4, -0.2) is 5.97 Å². The second-order valence-corrected chi connectivity index (χ2v) is 3.25. The largest absolute Gasteiger partial charge is 0.423 e. The lowest BCUT2D eigenvalue weighted by Gasteiger charge is -2.03. The summed E-state index contributed by atoms with van der Waals surface area (Å²) in [5, 5.41) is 0. The Morgan fingerprint density at radius 3 is 2.79 bits per heavy atom. The third-order valence-corrected chi connectivity index (χ3v) is 1.97. The van der Waals surface area contributed by atoms with Crippen molar-refractivity contribution in [2.75, 3.05) is 0 Å². The highest BCUT2D eigenvalue weighted by Crippen LogP contribution is 2.16. The zero-order chi connectivity index (χ0) is 10.6. The number of carbonyl (C=O) groups excluding carboxylic acids is 1. The standard InChI is InChI=1S/C12H14O2/c1-4-12(13)14-11-8-6-9(2)5-7-10(11)3/h4-9H,1H2,2-3H3. The van der Waals surface area contributed by atoms with Crippen LogP contribution in [0.3, 0.4) is 0 Å². The average Bonchev–Trinajstić information content (AvgIpc) is 2.33. The molecule has 0 fully saturated rings. The van der Waals surface area contributed by atoms with Crippen LogP contribution >= 0.6 is 0 Å². The number of esters is 1. The highest BCUT2D eigenvalue weighted by Gasteiger charge is 2.06. The average molecular weight is 190 g/mol. The lowest BCUT2D eigenvalue weighted by atomic mass is 10.1. The normalized spacial score (nSPS) is 20.6. The molecule has 0 saturated heterocycles. The fraction of sp³-hybridized carbons (Fsp3) is 0.250. The Balaban J connectivity index is 2.85. The number of carbonyl (C=O) groups is 1. The third kappa shape index (κ3) is 2.73. The zero-order valence-corrected chi connectivity index (χ0v) is 8.49.